The zero-order valence-electron chi connectivity index (χ0n) is 14.5. The van der Waals surface area contributed by atoms with Gasteiger partial charge in [-0.25, -0.2) is 0 Å². The molecule has 1 aliphatic heterocycles. The summed E-state index contributed by atoms with van der Waals surface area (Å²) in [6.45, 7) is 6.06. The number of fused-ring (bicyclic) bond motifs is 1. The molecule has 25 heavy (non-hydrogen) atoms. The Morgan fingerprint density at radius 2 is 2.28 bits per heavy atom. The van der Waals surface area contributed by atoms with Crippen molar-refractivity contribution in [3.05, 3.63) is 41.5 Å². The molecule has 0 bridgehead atoms. The zero-order valence-corrected chi connectivity index (χ0v) is 14.5. The summed E-state index contributed by atoms with van der Waals surface area (Å²) in [5.41, 5.74) is 1.45. The van der Waals surface area contributed by atoms with Crippen LogP contribution < -0.4 is 14.8 Å². The predicted octanol–water partition coefficient (Wildman–Crippen LogP) is 2.18. The van der Waals surface area contributed by atoms with E-state index in [2.05, 4.69) is 22.4 Å². The number of hydrogen-bond donors (Lipinski definition) is 1. The Morgan fingerprint density at radius 3 is 3.08 bits per heavy atom. The number of carbonyl (C=O) groups excluding carboxylic acids is 1. The number of rotatable bonds is 7. The summed E-state index contributed by atoms with van der Waals surface area (Å²) < 4.78 is 13.2. The first-order chi connectivity index (χ1) is 12.2. The molecule has 0 saturated heterocycles. The van der Waals surface area contributed by atoms with Crippen LogP contribution in [-0.4, -0.2) is 33.9 Å². The Bertz CT molecular complexity index is 782. The number of aromatic nitrogens is 3. The van der Waals surface area contributed by atoms with Gasteiger partial charge in [0.2, 0.25) is 0 Å². The van der Waals surface area contributed by atoms with E-state index < -0.39 is 0 Å². The van der Waals surface area contributed by atoms with Gasteiger partial charge in [-0.1, -0.05) is 6.92 Å². The van der Waals surface area contributed by atoms with Gasteiger partial charge in [-0.3, -0.25) is 4.79 Å². The lowest BCUT2D eigenvalue weighted by molar-refractivity contribution is -0.118. The molecule has 0 radical (unpaired) electrons. The molecular weight excluding hydrogens is 320 g/mol. The van der Waals surface area contributed by atoms with Crippen LogP contribution in [0.25, 0.3) is 6.08 Å². The minimum Gasteiger partial charge on any atom is -0.493 e. The number of hydrogen-bond acceptors (Lipinski definition) is 5. The molecule has 0 saturated carbocycles. The van der Waals surface area contributed by atoms with Crippen LogP contribution in [-0.2, 0) is 17.9 Å². The molecule has 0 spiro atoms. The summed E-state index contributed by atoms with van der Waals surface area (Å²) in [5.74, 6) is 2.07. The molecular formula is C18H22N4O3. The Balaban J connectivity index is 1.65. The van der Waals surface area contributed by atoms with Crippen LogP contribution in [0.4, 0.5) is 0 Å². The maximum atomic E-state index is 12.4. The lowest BCUT2D eigenvalue weighted by atomic mass is 10.1. The topological polar surface area (TPSA) is 78.3 Å². The smallest absolute Gasteiger partial charge is 0.251 e. The van der Waals surface area contributed by atoms with Crippen molar-refractivity contribution in [2.45, 2.75) is 33.4 Å². The molecule has 1 N–H and O–H groups in total. The van der Waals surface area contributed by atoms with E-state index in [1.54, 1.807) is 6.33 Å². The van der Waals surface area contributed by atoms with E-state index >= 15 is 0 Å². The van der Waals surface area contributed by atoms with E-state index in [-0.39, 0.29) is 12.5 Å². The zero-order chi connectivity index (χ0) is 17.6. The highest BCUT2D eigenvalue weighted by atomic mass is 16.5. The highest BCUT2D eigenvalue weighted by Gasteiger charge is 2.18. The molecule has 1 aromatic heterocycles. The average Bonchev–Trinajstić information content (AvgIpc) is 3.11. The second kappa shape index (κ2) is 7.83. The second-order valence-corrected chi connectivity index (χ2v) is 5.72. The minimum absolute atomic E-state index is 0.164. The highest BCUT2D eigenvalue weighted by molar-refractivity contribution is 5.99. The summed E-state index contributed by atoms with van der Waals surface area (Å²) in [7, 11) is 0. The summed E-state index contributed by atoms with van der Waals surface area (Å²) in [6.07, 6.45) is 4.45. The Hall–Kier alpha value is -2.83. The van der Waals surface area contributed by atoms with Gasteiger partial charge in [0, 0.05) is 18.2 Å². The molecule has 7 heteroatoms. The van der Waals surface area contributed by atoms with E-state index in [0.29, 0.717) is 18.7 Å². The van der Waals surface area contributed by atoms with E-state index in [0.717, 1.165) is 35.9 Å². The number of nitrogens with one attached hydrogen (secondary N) is 1. The first kappa shape index (κ1) is 17.0. The number of ether oxygens (including phenoxy) is 2. The van der Waals surface area contributed by atoms with Crippen molar-refractivity contribution in [3.63, 3.8) is 0 Å². The quantitative estimate of drug-likeness (QED) is 0.834. The van der Waals surface area contributed by atoms with Gasteiger partial charge in [-0.05, 0) is 31.6 Å². The van der Waals surface area contributed by atoms with Gasteiger partial charge in [0.05, 0.1) is 18.7 Å². The minimum atomic E-state index is -0.164. The molecule has 0 fully saturated rings. The van der Waals surface area contributed by atoms with Crippen molar-refractivity contribution in [2.24, 2.45) is 0 Å². The molecule has 3 rings (SSSR count). The maximum Gasteiger partial charge on any atom is 0.251 e. The summed E-state index contributed by atoms with van der Waals surface area (Å²) >= 11 is 0. The molecule has 1 aromatic carbocycles. The van der Waals surface area contributed by atoms with Crippen molar-refractivity contribution in [1.29, 1.82) is 0 Å². The fourth-order valence-electron chi connectivity index (χ4n) is 2.54. The normalized spacial score (nSPS) is 12.8. The first-order valence-electron chi connectivity index (χ1n) is 8.46. The Labute approximate surface area is 146 Å². The highest BCUT2D eigenvalue weighted by Crippen LogP contribution is 2.30. The second-order valence-electron chi connectivity index (χ2n) is 5.72. The Kier molecular flexibility index (Phi) is 5.33. The molecule has 2 heterocycles. The van der Waals surface area contributed by atoms with Crippen molar-refractivity contribution in [3.8, 4) is 11.5 Å². The van der Waals surface area contributed by atoms with Crippen LogP contribution >= 0.6 is 0 Å². The van der Waals surface area contributed by atoms with Gasteiger partial charge < -0.3 is 19.4 Å². The number of nitrogens with zero attached hydrogens (tertiary/aromatic N) is 3. The summed E-state index contributed by atoms with van der Waals surface area (Å²) in [6, 6.07) is 5.65. The fraction of sp³-hybridized carbons (Fsp3) is 0.389. The molecule has 1 aliphatic rings. The first-order valence-corrected chi connectivity index (χ1v) is 8.46. The molecule has 2 aromatic rings. The summed E-state index contributed by atoms with van der Waals surface area (Å²) in [5, 5.41) is 10.7. The van der Waals surface area contributed by atoms with Crippen molar-refractivity contribution < 1.29 is 14.3 Å². The number of aryl methyl sites for hydroxylation is 1. The Morgan fingerprint density at radius 1 is 1.40 bits per heavy atom. The maximum absolute atomic E-state index is 12.4. The molecule has 0 unspecified atom stereocenters. The third-order valence-electron chi connectivity index (χ3n) is 3.91. The van der Waals surface area contributed by atoms with E-state index in [1.807, 2.05) is 35.8 Å². The van der Waals surface area contributed by atoms with E-state index in [9.17, 15) is 4.79 Å². The molecule has 7 nitrogen and oxygen atoms in total. The van der Waals surface area contributed by atoms with Crippen LogP contribution in [0.3, 0.4) is 0 Å². The molecule has 0 atom stereocenters. The molecule has 1 amide bonds. The monoisotopic (exact) mass is 342 g/mol. The van der Waals surface area contributed by atoms with Gasteiger partial charge in [0.1, 0.15) is 24.4 Å². The third-order valence-corrected chi connectivity index (χ3v) is 3.91. The molecule has 132 valence electrons. The van der Waals surface area contributed by atoms with E-state index in [4.69, 9.17) is 9.47 Å². The number of carbonyl (C=O) groups is 1. The van der Waals surface area contributed by atoms with Crippen LogP contribution in [0.15, 0.2) is 30.1 Å². The van der Waals surface area contributed by atoms with Gasteiger partial charge in [-0.15, -0.1) is 10.2 Å². The summed E-state index contributed by atoms with van der Waals surface area (Å²) in [4.78, 5) is 12.4. The number of amides is 1. The van der Waals surface area contributed by atoms with Crippen LogP contribution in [0.5, 0.6) is 11.5 Å². The van der Waals surface area contributed by atoms with Gasteiger partial charge >= 0.3 is 0 Å². The fourth-order valence-corrected chi connectivity index (χ4v) is 2.54. The number of benzene rings is 1. The van der Waals surface area contributed by atoms with Gasteiger partial charge in [-0.2, -0.15) is 0 Å². The standard InChI is InChI=1S/C18H22N4O3/c1-3-7-24-15-6-5-13-8-14(11-25-16(13)9-15)18(23)19-10-17-21-20-12-22(17)4-2/h5-6,8-9,12H,3-4,7,10-11H2,1-2H3,(H,19,23). The van der Waals surface area contributed by atoms with Crippen molar-refractivity contribution in [2.75, 3.05) is 13.2 Å². The van der Waals surface area contributed by atoms with Gasteiger partial charge in [0.25, 0.3) is 5.91 Å². The predicted molar refractivity (Wildman–Crippen MR) is 93.2 cm³/mol. The lowest BCUT2D eigenvalue weighted by Gasteiger charge is -2.18. The molecule has 0 aliphatic carbocycles. The lowest BCUT2D eigenvalue weighted by Crippen LogP contribution is -2.29. The average molecular weight is 342 g/mol. The third kappa shape index (κ3) is 3.99. The van der Waals surface area contributed by atoms with E-state index in [1.165, 1.54) is 0 Å². The van der Waals surface area contributed by atoms with Crippen LogP contribution in [0.2, 0.25) is 0 Å². The van der Waals surface area contributed by atoms with Crippen LogP contribution in [0.1, 0.15) is 31.7 Å². The van der Waals surface area contributed by atoms with Crippen LogP contribution in [0, 0.1) is 0 Å². The van der Waals surface area contributed by atoms with Crippen molar-refractivity contribution in [1.82, 2.24) is 20.1 Å². The largest absolute Gasteiger partial charge is 0.493 e. The van der Waals surface area contributed by atoms with Crippen molar-refractivity contribution >= 4 is 12.0 Å². The van der Waals surface area contributed by atoms with Gasteiger partial charge in [0.15, 0.2) is 5.82 Å². The SMILES string of the molecule is CCCOc1ccc2c(c1)OCC(C(=O)NCc1nncn1CC)=C2.